The van der Waals surface area contributed by atoms with Gasteiger partial charge in [0.25, 0.3) is 0 Å². The Morgan fingerprint density at radius 2 is 0.694 bits per heavy atom. The summed E-state index contributed by atoms with van der Waals surface area (Å²) >= 11 is 0. The van der Waals surface area contributed by atoms with Crippen LogP contribution >= 0.6 is 0 Å². The number of hydrogen-bond donors (Lipinski definition) is 3. The van der Waals surface area contributed by atoms with Gasteiger partial charge in [0.15, 0.2) is 0 Å². The zero-order valence-corrected chi connectivity index (χ0v) is 48.7. The Balaban J connectivity index is 3.34. The normalized spacial score (nSPS) is 12.7. The Hall–Kier alpha value is -1.66. The highest BCUT2D eigenvalue weighted by molar-refractivity contribution is 5.76. The molecule has 1 amide bonds. The van der Waals surface area contributed by atoms with Crippen molar-refractivity contribution in [2.75, 3.05) is 13.2 Å². The molecule has 0 bridgehead atoms. The van der Waals surface area contributed by atoms with Gasteiger partial charge in [0.1, 0.15) is 0 Å². The topological polar surface area (TPSA) is 95.9 Å². The number of amides is 1. The lowest BCUT2D eigenvalue weighted by molar-refractivity contribution is -0.143. The largest absolute Gasteiger partial charge is 0.466 e. The lowest BCUT2D eigenvalue weighted by Crippen LogP contribution is -2.45. The minimum Gasteiger partial charge on any atom is -0.466 e. The monoisotopic (exact) mass is 1010 g/mol. The van der Waals surface area contributed by atoms with Crippen LogP contribution in [0.3, 0.4) is 0 Å². The predicted octanol–water partition coefficient (Wildman–Crippen LogP) is 20.6. The number of rotatable bonds is 61. The smallest absolute Gasteiger partial charge is 0.305 e. The first kappa shape index (κ1) is 70.3. The molecule has 0 saturated heterocycles. The second kappa shape index (κ2) is 61.9. The molecule has 2 unspecified atom stereocenters. The van der Waals surface area contributed by atoms with Crippen LogP contribution in [0.5, 0.6) is 0 Å². The van der Waals surface area contributed by atoms with Crippen LogP contribution in [0.15, 0.2) is 24.3 Å². The van der Waals surface area contributed by atoms with E-state index in [1.807, 2.05) is 0 Å². The van der Waals surface area contributed by atoms with Crippen LogP contribution in [-0.4, -0.2) is 47.4 Å². The molecule has 6 nitrogen and oxygen atoms in total. The summed E-state index contributed by atoms with van der Waals surface area (Å²) in [4.78, 5) is 24.6. The molecule has 0 aliphatic heterocycles. The molecule has 426 valence electrons. The van der Waals surface area contributed by atoms with Gasteiger partial charge in [-0.25, -0.2) is 0 Å². The number of unbranched alkanes of at least 4 members (excludes halogenated alkanes) is 46. The number of ether oxygens (including phenoxy) is 1. The molecule has 72 heavy (non-hydrogen) atoms. The van der Waals surface area contributed by atoms with Crippen LogP contribution in [0.25, 0.3) is 0 Å². The second-order valence-corrected chi connectivity index (χ2v) is 22.5. The quantitative estimate of drug-likeness (QED) is 0.0320. The van der Waals surface area contributed by atoms with Crippen molar-refractivity contribution in [3.63, 3.8) is 0 Å². The highest BCUT2D eigenvalue weighted by Crippen LogP contribution is 2.18. The molecule has 0 aromatic rings. The average Bonchev–Trinajstić information content (AvgIpc) is 3.38. The summed E-state index contributed by atoms with van der Waals surface area (Å²) in [6.45, 7) is 4.95. The SMILES string of the molecule is CCCCCC/C=C\C/C=C\CCCCCCCCCC(=O)OCCCCCCCCCCCCCCCCCCCCCCCCCCCC(=O)NC(CO)C(O)CCCCCCCCCCCCCC. The molecule has 2 atom stereocenters. The summed E-state index contributed by atoms with van der Waals surface area (Å²) < 4.78 is 5.50. The van der Waals surface area contributed by atoms with Gasteiger partial charge in [-0.15, -0.1) is 0 Å². The number of hydrogen-bond acceptors (Lipinski definition) is 5. The van der Waals surface area contributed by atoms with Crippen molar-refractivity contribution in [3.8, 4) is 0 Å². The molecule has 6 heteroatoms. The fourth-order valence-corrected chi connectivity index (χ4v) is 10.3. The molecule has 0 fully saturated rings. The summed E-state index contributed by atoms with van der Waals surface area (Å²) in [6, 6.07) is -0.539. The number of aliphatic hydroxyl groups is 2. The molecule has 0 rings (SSSR count). The summed E-state index contributed by atoms with van der Waals surface area (Å²) in [7, 11) is 0. The van der Waals surface area contributed by atoms with Gasteiger partial charge in [0.05, 0.1) is 25.4 Å². The first-order valence-electron chi connectivity index (χ1n) is 32.6. The number of carbonyl (C=O) groups is 2. The van der Waals surface area contributed by atoms with Crippen molar-refractivity contribution in [3.05, 3.63) is 24.3 Å². The maximum Gasteiger partial charge on any atom is 0.305 e. The number of carbonyl (C=O) groups excluding carboxylic acids is 2. The minimum absolute atomic E-state index is 0.00951. The van der Waals surface area contributed by atoms with Gasteiger partial charge in [-0.1, -0.05) is 314 Å². The Morgan fingerprint density at radius 3 is 1.07 bits per heavy atom. The van der Waals surface area contributed by atoms with Gasteiger partial charge >= 0.3 is 5.97 Å². The molecule has 0 aromatic carbocycles. The van der Waals surface area contributed by atoms with Gasteiger partial charge in [-0.05, 0) is 57.8 Å². The van der Waals surface area contributed by atoms with Crippen molar-refractivity contribution in [2.45, 2.75) is 373 Å². The Bertz CT molecular complexity index is 1120. The van der Waals surface area contributed by atoms with Crippen molar-refractivity contribution >= 4 is 11.9 Å². The van der Waals surface area contributed by atoms with Crippen molar-refractivity contribution in [1.29, 1.82) is 0 Å². The van der Waals surface area contributed by atoms with E-state index in [4.69, 9.17) is 4.74 Å². The highest BCUT2D eigenvalue weighted by Gasteiger charge is 2.20. The van der Waals surface area contributed by atoms with E-state index in [0.29, 0.717) is 25.9 Å². The van der Waals surface area contributed by atoms with E-state index in [-0.39, 0.29) is 18.5 Å². The third-order valence-electron chi connectivity index (χ3n) is 15.3. The van der Waals surface area contributed by atoms with Crippen LogP contribution in [0.2, 0.25) is 0 Å². The average molecular weight is 1010 g/mol. The summed E-state index contributed by atoms with van der Waals surface area (Å²) in [5.74, 6) is -0.0228. The summed E-state index contributed by atoms with van der Waals surface area (Å²) in [5, 5.41) is 23.2. The number of esters is 1. The Kier molecular flexibility index (Phi) is 60.5. The summed E-state index contributed by atoms with van der Waals surface area (Å²) in [5.41, 5.74) is 0. The van der Waals surface area contributed by atoms with Crippen LogP contribution < -0.4 is 5.32 Å². The van der Waals surface area contributed by atoms with Crippen LogP contribution in [0.4, 0.5) is 0 Å². The lowest BCUT2D eigenvalue weighted by Gasteiger charge is -2.22. The molecule has 0 aliphatic carbocycles. The van der Waals surface area contributed by atoms with Gasteiger partial charge in [0, 0.05) is 12.8 Å². The standard InChI is InChI=1S/C66H127NO5/c1-3-5-7-9-11-13-15-17-18-19-30-33-36-40-44-48-52-56-60-66(71)72-61-57-53-49-45-41-37-34-31-28-26-24-22-20-21-23-25-27-29-32-35-39-43-47-51-55-59-65(70)67-63(62-68)64(69)58-54-50-46-42-38-16-14-12-10-8-6-4-2/h13,15,18-19,63-64,68-69H,3-12,14,16-17,20-62H2,1-2H3,(H,67,70)/b15-13-,19-18-. The van der Waals surface area contributed by atoms with Gasteiger partial charge in [-0.2, -0.15) is 0 Å². The van der Waals surface area contributed by atoms with Crippen molar-refractivity contribution in [1.82, 2.24) is 5.32 Å². The van der Waals surface area contributed by atoms with Gasteiger partial charge < -0.3 is 20.3 Å². The first-order chi connectivity index (χ1) is 35.5. The molecule has 0 spiro atoms. The van der Waals surface area contributed by atoms with Crippen LogP contribution in [0, 0.1) is 0 Å². The zero-order chi connectivity index (χ0) is 52.2. The maximum atomic E-state index is 12.5. The minimum atomic E-state index is -0.662. The van der Waals surface area contributed by atoms with Crippen LogP contribution in [-0.2, 0) is 14.3 Å². The molecular weight excluding hydrogens is 887 g/mol. The zero-order valence-electron chi connectivity index (χ0n) is 48.7. The third kappa shape index (κ3) is 57.6. The molecule has 0 saturated carbocycles. The van der Waals surface area contributed by atoms with E-state index in [1.54, 1.807) is 0 Å². The predicted molar refractivity (Wildman–Crippen MR) is 315 cm³/mol. The van der Waals surface area contributed by atoms with E-state index in [1.165, 1.54) is 276 Å². The van der Waals surface area contributed by atoms with E-state index in [9.17, 15) is 19.8 Å². The third-order valence-corrected chi connectivity index (χ3v) is 15.3. The van der Waals surface area contributed by atoms with E-state index < -0.39 is 12.1 Å². The number of aliphatic hydroxyl groups excluding tert-OH is 2. The van der Waals surface area contributed by atoms with Gasteiger partial charge in [-0.3, -0.25) is 9.59 Å². The molecule has 3 N–H and O–H groups in total. The number of nitrogens with one attached hydrogen (secondary N) is 1. The van der Waals surface area contributed by atoms with Crippen molar-refractivity contribution in [2.24, 2.45) is 0 Å². The van der Waals surface area contributed by atoms with E-state index in [2.05, 4.69) is 43.5 Å². The van der Waals surface area contributed by atoms with E-state index >= 15 is 0 Å². The molecule has 0 radical (unpaired) electrons. The molecular formula is C66H127NO5. The number of allylic oxidation sites excluding steroid dienone is 4. The lowest BCUT2D eigenvalue weighted by atomic mass is 10.0. The molecule has 0 aromatic heterocycles. The first-order valence-corrected chi connectivity index (χ1v) is 32.6. The summed E-state index contributed by atoms with van der Waals surface area (Å²) in [6.07, 6.45) is 76.3. The molecule has 0 heterocycles. The van der Waals surface area contributed by atoms with Crippen molar-refractivity contribution < 1.29 is 24.5 Å². The highest BCUT2D eigenvalue weighted by atomic mass is 16.5. The Labute approximate surface area is 450 Å². The molecule has 0 aliphatic rings. The maximum absolute atomic E-state index is 12.5. The fourth-order valence-electron chi connectivity index (χ4n) is 10.3. The Morgan fingerprint density at radius 1 is 0.389 bits per heavy atom. The van der Waals surface area contributed by atoms with Crippen LogP contribution in [0.1, 0.15) is 361 Å². The second-order valence-electron chi connectivity index (χ2n) is 22.5. The van der Waals surface area contributed by atoms with E-state index in [0.717, 1.165) is 51.4 Å². The van der Waals surface area contributed by atoms with Gasteiger partial charge in [0.2, 0.25) is 5.91 Å². The fraction of sp³-hybridized carbons (Fsp3) is 0.909.